The molecule has 0 bridgehead atoms. The van der Waals surface area contributed by atoms with E-state index in [1.807, 2.05) is 0 Å². The van der Waals surface area contributed by atoms with Crippen molar-refractivity contribution in [2.24, 2.45) is 23.5 Å². The summed E-state index contributed by atoms with van der Waals surface area (Å²) in [6.45, 7) is 5.60. The Labute approximate surface area is 393 Å². The van der Waals surface area contributed by atoms with Crippen LogP contribution in [0.15, 0.2) is 47.3 Å². The number of rotatable bonds is 27. The summed E-state index contributed by atoms with van der Waals surface area (Å²) in [7, 11) is 0. The van der Waals surface area contributed by atoms with E-state index in [-0.39, 0.29) is 106 Å². The summed E-state index contributed by atoms with van der Waals surface area (Å²) in [5.74, 6) is -3.39. The van der Waals surface area contributed by atoms with Gasteiger partial charge in [-0.05, 0) is 73.9 Å². The van der Waals surface area contributed by atoms with Crippen molar-refractivity contribution >= 4 is 69.7 Å². The van der Waals surface area contributed by atoms with Gasteiger partial charge in [-0.3, -0.25) is 52.6 Å². The van der Waals surface area contributed by atoms with Crippen molar-refractivity contribution in [3.05, 3.63) is 64.2 Å². The lowest BCUT2D eigenvalue weighted by Crippen LogP contribution is -2.45. The Kier molecular flexibility index (Phi) is 19.3. The second-order valence-corrected chi connectivity index (χ2v) is 17.6. The Hall–Kier alpha value is -6.99. The number of aromatic nitrogens is 2. The molecule has 6 N–H and O–H groups in total. The van der Waals surface area contributed by atoms with E-state index in [1.54, 1.807) is 67.8 Å². The number of hydrogen-bond acceptors (Lipinski definition) is 13. The molecule has 1 aromatic heterocycles. The van der Waals surface area contributed by atoms with Crippen molar-refractivity contribution < 1.29 is 52.6 Å². The van der Waals surface area contributed by atoms with Gasteiger partial charge in [-0.25, -0.2) is 9.78 Å². The fourth-order valence-electron chi connectivity index (χ4n) is 7.98. The van der Waals surface area contributed by atoms with Gasteiger partial charge in [0.1, 0.15) is 18.2 Å². The number of primary amides is 1. The van der Waals surface area contributed by atoms with E-state index in [4.69, 9.17) is 15.2 Å². The number of nitrogens with two attached hydrogens (primary N) is 1. The van der Waals surface area contributed by atoms with E-state index >= 15 is 0 Å². The molecule has 3 aromatic rings. The van der Waals surface area contributed by atoms with Crippen molar-refractivity contribution in [3.63, 3.8) is 0 Å². The van der Waals surface area contributed by atoms with Crippen molar-refractivity contribution in [2.45, 2.75) is 117 Å². The summed E-state index contributed by atoms with van der Waals surface area (Å²) < 4.78 is 12.5. The highest BCUT2D eigenvalue weighted by Crippen LogP contribution is 2.23. The number of Topliss-reactive ketones (excluding diaryl/α,β-unsaturated/α-hetero) is 2. The molecule has 3 heterocycles. The van der Waals surface area contributed by atoms with Crippen LogP contribution in [0.1, 0.15) is 103 Å². The van der Waals surface area contributed by atoms with Gasteiger partial charge in [0.25, 0.3) is 11.5 Å². The fourth-order valence-corrected chi connectivity index (χ4v) is 7.98. The minimum atomic E-state index is -0.856. The molecule has 0 spiro atoms. The number of ether oxygens (including phenoxy) is 2. The highest BCUT2D eigenvalue weighted by molar-refractivity contribution is 6.03. The Morgan fingerprint density at radius 1 is 0.897 bits per heavy atom. The average Bonchev–Trinajstić information content (AvgIpc) is 3.88. The largest absolute Gasteiger partial charge is 0.484 e. The molecule has 2 aliphatic rings. The summed E-state index contributed by atoms with van der Waals surface area (Å²) in [5, 5.41) is 11.0. The molecular formula is C48H62N8O12. The van der Waals surface area contributed by atoms with Crippen molar-refractivity contribution in [1.82, 2.24) is 30.4 Å². The zero-order chi connectivity index (χ0) is 49.3. The number of benzene rings is 2. The van der Waals surface area contributed by atoms with Crippen molar-refractivity contribution in [3.8, 4) is 5.75 Å². The van der Waals surface area contributed by atoms with E-state index in [2.05, 4.69) is 26.3 Å². The van der Waals surface area contributed by atoms with E-state index in [0.29, 0.717) is 66.7 Å². The van der Waals surface area contributed by atoms with Gasteiger partial charge in [-0.15, -0.1) is 0 Å². The molecule has 1 unspecified atom stereocenters. The molecule has 68 heavy (non-hydrogen) atoms. The van der Waals surface area contributed by atoms with E-state index in [0.717, 1.165) is 18.7 Å². The van der Waals surface area contributed by atoms with Gasteiger partial charge in [0.05, 0.1) is 29.9 Å². The number of amides is 7. The number of esters is 1. The normalized spacial score (nSPS) is 15.1. The minimum Gasteiger partial charge on any atom is -0.484 e. The number of carbonyl (C=O) groups excluding carboxylic acids is 9. The molecule has 0 radical (unpaired) electrons. The third kappa shape index (κ3) is 15.5. The summed E-state index contributed by atoms with van der Waals surface area (Å²) >= 11 is 0. The standard InChI is InChI=1S/C48H62N8O12/c1-29(2)44(54-40(59)11-5-4-6-21-56-42(61)23-30(3)46(56)64)38(58)24-32(9-7-20-50-48(49)66)45(63)52-33-14-12-31(13-15-33)27-68-43(62)19-16-34(57)26-51-41(60)28-67-35-17-18-37-36(25-35)47(65)55-22-8-10-39(55)53-37/h12-15,17-18,25,29-30,32,44H,4-11,16,19-24,26-28H2,1-3H3,(H,51,60)(H,52,63)(H,54,59)(H3,49,50,66)/t30?,32-,44+/m1/s1. The number of nitrogens with one attached hydrogen (secondary N) is 4. The topological polar surface area (TPSA) is 284 Å². The highest BCUT2D eigenvalue weighted by Gasteiger charge is 2.35. The second kappa shape index (κ2) is 25.2. The van der Waals surface area contributed by atoms with Gasteiger partial charge in [-0.2, -0.15) is 0 Å². The van der Waals surface area contributed by atoms with Gasteiger partial charge in [0.2, 0.25) is 23.6 Å². The quantitative estimate of drug-likeness (QED) is 0.0418. The zero-order valence-electron chi connectivity index (χ0n) is 38.9. The average molecular weight is 943 g/mol. The second-order valence-electron chi connectivity index (χ2n) is 17.6. The zero-order valence-corrected chi connectivity index (χ0v) is 38.9. The van der Waals surface area contributed by atoms with Gasteiger partial charge < -0.3 is 36.5 Å². The van der Waals surface area contributed by atoms with Crippen LogP contribution in [-0.4, -0.2) is 99.8 Å². The minimum absolute atomic E-state index is 0.110. The van der Waals surface area contributed by atoms with Crippen LogP contribution >= 0.6 is 0 Å². The van der Waals surface area contributed by atoms with Crippen LogP contribution in [0.3, 0.4) is 0 Å². The third-order valence-electron chi connectivity index (χ3n) is 11.8. The first-order valence-corrected chi connectivity index (χ1v) is 23.2. The number of urea groups is 1. The van der Waals surface area contributed by atoms with Crippen LogP contribution in [-0.2, 0) is 62.7 Å². The molecule has 20 heteroatoms. The number of hydrogen-bond donors (Lipinski definition) is 5. The Bertz CT molecular complexity index is 2420. The van der Waals surface area contributed by atoms with Crippen molar-refractivity contribution in [1.29, 1.82) is 0 Å². The summed E-state index contributed by atoms with van der Waals surface area (Å²) in [6.07, 6.45) is 3.64. The molecule has 0 saturated carbocycles. The number of unbranched alkanes of at least 4 members (excludes halogenated alkanes) is 2. The predicted octanol–water partition coefficient (Wildman–Crippen LogP) is 2.99. The van der Waals surface area contributed by atoms with E-state index in [9.17, 15) is 47.9 Å². The molecule has 3 atom stereocenters. The first-order valence-electron chi connectivity index (χ1n) is 23.2. The van der Waals surface area contributed by atoms with Crippen LogP contribution < -0.4 is 37.3 Å². The Morgan fingerprint density at radius 3 is 2.37 bits per heavy atom. The van der Waals surface area contributed by atoms with Gasteiger partial charge in [0, 0.05) is 69.3 Å². The number of aryl methyl sites for hydroxylation is 1. The smallest absolute Gasteiger partial charge is 0.312 e. The monoisotopic (exact) mass is 942 g/mol. The number of imide groups is 1. The lowest BCUT2D eigenvalue weighted by molar-refractivity contribution is -0.146. The molecule has 366 valence electrons. The Balaban J connectivity index is 1.01. The summed E-state index contributed by atoms with van der Waals surface area (Å²) in [5.41, 5.74) is 6.59. The van der Waals surface area contributed by atoms with Gasteiger partial charge >= 0.3 is 12.0 Å². The lowest BCUT2D eigenvalue weighted by atomic mass is 9.89. The molecule has 2 aromatic carbocycles. The molecule has 5 rings (SSSR count). The fraction of sp³-hybridized carbons (Fsp3) is 0.521. The molecule has 1 fully saturated rings. The van der Waals surface area contributed by atoms with Gasteiger partial charge in [0.15, 0.2) is 18.2 Å². The molecule has 2 aliphatic heterocycles. The van der Waals surface area contributed by atoms with Crippen LogP contribution in [0.4, 0.5) is 10.5 Å². The van der Waals surface area contributed by atoms with Crippen LogP contribution in [0.25, 0.3) is 10.9 Å². The number of likely N-dealkylation sites (tertiary alicyclic amines) is 1. The van der Waals surface area contributed by atoms with E-state index in [1.165, 1.54) is 4.90 Å². The third-order valence-corrected chi connectivity index (χ3v) is 11.8. The highest BCUT2D eigenvalue weighted by atomic mass is 16.5. The predicted molar refractivity (Wildman–Crippen MR) is 248 cm³/mol. The molecular weight excluding hydrogens is 881 g/mol. The SMILES string of the molecule is CC1CC(=O)N(CCCCCC(=O)N[C@H](C(=O)C[C@@H](CCCNC(N)=O)C(=O)Nc2ccc(COC(=O)CCC(=O)CNC(=O)COc3ccc4nc5n(c(=O)c4c3)CCC5)cc2)C(C)C)C1=O. The summed E-state index contributed by atoms with van der Waals surface area (Å²) in [6, 6.07) is 9.73. The molecule has 20 nitrogen and oxygen atoms in total. The van der Waals surface area contributed by atoms with Crippen LogP contribution in [0, 0.1) is 17.8 Å². The first kappa shape index (κ1) is 52.0. The number of nitrogens with zero attached hydrogens (tertiary/aromatic N) is 3. The van der Waals surface area contributed by atoms with Crippen LogP contribution in [0.2, 0.25) is 0 Å². The lowest BCUT2D eigenvalue weighted by Gasteiger charge is -2.24. The molecule has 0 aliphatic carbocycles. The number of ketones is 2. The molecule has 7 amide bonds. The first-order chi connectivity index (χ1) is 32.5. The van der Waals surface area contributed by atoms with Crippen molar-refractivity contribution in [2.75, 3.05) is 31.6 Å². The maximum atomic E-state index is 13.6. The number of fused-ring (bicyclic) bond motifs is 2. The van der Waals surface area contributed by atoms with Gasteiger partial charge in [-0.1, -0.05) is 39.3 Å². The maximum Gasteiger partial charge on any atom is 0.312 e. The van der Waals surface area contributed by atoms with Crippen LogP contribution in [0.5, 0.6) is 5.75 Å². The number of carbonyl (C=O) groups is 9. The molecule has 1 saturated heterocycles. The summed E-state index contributed by atoms with van der Waals surface area (Å²) in [4.78, 5) is 131. The van der Waals surface area contributed by atoms with E-state index < -0.39 is 41.6 Å². The Morgan fingerprint density at radius 2 is 1.66 bits per heavy atom. The maximum absolute atomic E-state index is 13.6. The number of anilines is 1.